The van der Waals surface area contributed by atoms with Gasteiger partial charge in [-0.05, 0) is 48.6 Å². The smallest absolute Gasteiger partial charge is 0.329 e. The molecule has 2 rings (SSSR count). The van der Waals surface area contributed by atoms with Crippen molar-refractivity contribution >= 4 is 23.3 Å². The van der Waals surface area contributed by atoms with E-state index in [1.165, 1.54) is 4.90 Å². The molecule has 0 aliphatic carbocycles. The van der Waals surface area contributed by atoms with Gasteiger partial charge in [0.1, 0.15) is 5.54 Å². The lowest BCUT2D eigenvalue weighted by molar-refractivity contribution is -0.147. The Balaban J connectivity index is 2.00. The number of hydrogen-bond acceptors (Lipinski definition) is 3. The van der Waals surface area contributed by atoms with Crippen LogP contribution in [0.4, 0.5) is 4.79 Å². The summed E-state index contributed by atoms with van der Waals surface area (Å²) in [6, 6.07) is -0.298. The molecule has 1 unspecified atom stereocenters. The molecule has 0 aromatic carbocycles. The zero-order valence-electron chi connectivity index (χ0n) is 11.1. The molecular weight excluding hydrogens is 264 g/mol. The lowest BCUT2D eigenvalue weighted by Crippen LogP contribution is -2.53. The van der Waals surface area contributed by atoms with E-state index in [-0.39, 0.29) is 6.03 Å². The number of urea groups is 1. The molecule has 1 saturated heterocycles. The topological polar surface area (TPSA) is 69.6 Å². The molecule has 5 nitrogen and oxygen atoms in total. The van der Waals surface area contributed by atoms with Gasteiger partial charge >= 0.3 is 12.0 Å². The molecule has 1 atom stereocenters. The molecule has 1 aromatic rings. The van der Waals surface area contributed by atoms with Crippen molar-refractivity contribution in [3.8, 4) is 0 Å². The van der Waals surface area contributed by atoms with Gasteiger partial charge < -0.3 is 15.3 Å². The van der Waals surface area contributed by atoms with Crippen LogP contribution in [-0.2, 0) is 11.3 Å². The van der Waals surface area contributed by atoms with Gasteiger partial charge in [0.2, 0.25) is 0 Å². The van der Waals surface area contributed by atoms with E-state index < -0.39 is 11.5 Å². The van der Waals surface area contributed by atoms with Crippen molar-refractivity contribution in [2.45, 2.75) is 38.8 Å². The molecule has 104 valence electrons. The highest BCUT2D eigenvalue weighted by atomic mass is 32.1. The number of carboxylic acids is 1. The van der Waals surface area contributed by atoms with Crippen LogP contribution in [0, 0.1) is 6.92 Å². The third kappa shape index (κ3) is 2.58. The van der Waals surface area contributed by atoms with Crippen molar-refractivity contribution < 1.29 is 14.7 Å². The van der Waals surface area contributed by atoms with E-state index in [1.807, 2.05) is 17.7 Å². The molecule has 6 heteroatoms. The Labute approximate surface area is 116 Å². The summed E-state index contributed by atoms with van der Waals surface area (Å²) in [6.45, 7) is 4.55. The second kappa shape index (κ2) is 5.21. The predicted molar refractivity (Wildman–Crippen MR) is 73.3 cm³/mol. The van der Waals surface area contributed by atoms with Gasteiger partial charge in [0.25, 0.3) is 0 Å². The Hall–Kier alpha value is -1.56. The molecule has 2 heterocycles. The number of nitrogens with one attached hydrogen (secondary N) is 1. The molecule has 1 aromatic heterocycles. The monoisotopic (exact) mass is 282 g/mol. The molecule has 2 N–H and O–H groups in total. The van der Waals surface area contributed by atoms with E-state index in [0.29, 0.717) is 19.5 Å². The van der Waals surface area contributed by atoms with Crippen LogP contribution in [0.25, 0.3) is 0 Å². The van der Waals surface area contributed by atoms with Crippen molar-refractivity contribution in [1.29, 1.82) is 0 Å². The molecule has 0 saturated carbocycles. The molecule has 0 bridgehead atoms. The summed E-state index contributed by atoms with van der Waals surface area (Å²) in [7, 11) is 0. The first-order chi connectivity index (χ1) is 8.95. The quantitative estimate of drug-likeness (QED) is 0.893. The zero-order valence-corrected chi connectivity index (χ0v) is 11.9. The van der Waals surface area contributed by atoms with Crippen LogP contribution >= 0.6 is 11.3 Å². The standard InChI is InChI=1S/C13H18N2O3S/c1-9-7-19-8-10(9)6-14-12(18)15-5-3-4-13(15,2)11(16)17/h7-8H,3-6H2,1-2H3,(H,14,18)(H,16,17). The van der Waals surface area contributed by atoms with E-state index in [1.54, 1.807) is 18.3 Å². The summed E-state index contributed by atoms with van der Waals surface area (Å²) in [5.74, 6) is -0.938. The molecule has 1 fully saturated rings. The average Bonchev–Trinajstić information content (AvgIpc) is 2.93. The van der Waals surface area contributed by atoms with E-state index in [4.69, 9.17) is 0 Å². The van der Waals surface area contributed by atoms with Gasteiger partial charge in [0, 0.05) is 13.1 Å². The molecule has 1 aliphatic rings. The molecule has 2 amide bonds. The van der Waals surface area contributed by atoms with Crippen molar-refractivity contribution in [3.63, 3.8) is 0 Å². The van der Waals surface area contributed by atoms with Crippen LogP contribution in [-0.4, -0.2) is 34.1 Å². The summed E-state index contributed by atoms with van der Waals surface area (Å²) in [4.78, 5) is 24.9. The minimum absolute atomic E-state index is 0.298. The van der Waals surface area contributed by atoms with E-state index in [2.05, 4.69) is 5.32 Å². The number of aryl methyl sites for hydroxylation is 1. The van der Waals surface area contributed by atoms with E-state index in [9.17, 15) is 14.7 Å². The van der Waals surface area contributed by atoms with Gasteiger partial charge in [0.05, 0.1) is 0 Å². The largest absolute Gasteiger partial charge is 0.480 e. The second-order valence-electron chi connectivity index (χ2n) is 5.07. The van der Waals surface area contributed by atoms with Crippen molar-refractivity contribution in [1.82, 2.24) is 10.2 Å². The van der Waals surface area contributed by atoms with Gasteiger partial charge in [-0.1, -0.05) is 0 Å². The fraction of sp³-hybridized carbons (Fsp3) is 0.538. The fourth-order valence-corrected chi connectivity index (χ4v) is 3.20. The van der Waals surface area contributed by atoms with Crippen LogP contribution in [0.15, 0.2) is 10.8 Å². The normalized spacial score (nSPS) is 22.5. The number of aliphatic carboxylic acids is 1. The SMILES string of the molecule is Cc1cscc1CNC(=O)N1CCCC1(C)C(=O)O. The van der Waals surface area contributed by atoms with Gasteiger partial charge in [-0.3, -0.25) is 0 Å². The van der Waals surface area contributed by atoms with E-state index >= 15 is 0 Å². The Morgan fingerprint density at radius 2 is 2.26 bits per heavy atom. The maximum atomic E-state index is 12.1. The number of thiophene rings is 1. The minimum atomic E-state index is -1.08. The first kappa shape index (κ1) is 13.9. The number of likely N-dealkylation sites (tertiary alicyclic amines) is 1. The maximum absolute atomic E-state index is 12.1. The number of hydrogen-bond donors (Lipinski definition) is 2. The van der Waals surface area contributed by atoms with Crippen molar-refractivity contribution in [2.24, 2.45) is 0 Å². The van der Waals surface area contributed by atoms with Crippen LogP contribution in [0.3, 0.4) is 0 Å². The summed E-state index contributed by atoms with van der Waals surface area (Å²) >= 11 is 1.60. The molecule has 19 heavy (non-hydrogen) atoms. The zero-order chi connectivity index (χ0) is 14.0. The highest BCUT2D eigenvalue weighted by Gasteiger charge is 2.45. The van der Waals surface area contributed by atoms with Gasteiger partial charge in [-0.2, -0.15) is 11.3 Å². The van der Waals surface area contributed by atoms with Crippen LogP contribution in [0.2, 0.25) is 0 Å². The first-order valence-corrected chi connectivity index (χ1v) is 7.20. The Morgan fingerprint density at radius 3 is 2.84 bits per heavy atom. The number of carbonyl (C=O) groups excluding carboxylic acids is 1. The van der Waals surface area contributed by atoms with Gasteiger partial charge in [0.15, 0.2) is 0 Å². The third-order valence-electron chi connectivity index (χ3n) is 3.74. The Bertz CT molecular complexity index is 500. The summed E-state index contributed by atoms with van der Waals surface area (Å²) in [6.07, 6.45) is 1.24. The Kier molecular flexibility index (Phi) is 3.80. The number of rotatable bonds is 3. The average molecular weight is 282 g/mol. The highest BCUT2D eigenvalue weighted by molar-refractivity contribution is 7.08. The summed E-state index contributed by atoms with van der Waals surface area (Å²) in [5, 5.41) is 16.1. The predicted octanol–water partition coefficient (Wildman–Crippen LogP) is 2.21. The number of carboxylic acid groups (broad SMARTS) is 1. The highest BCUT2D eigenvalue weighted by Crippen LogP contribution is 2.29. The lowest BCUT2D eigenvalue weighted by Gasteiger charge is -2.31. The van der Waals surface area contributed by atoms with E-state index in [0.717, 1.165) is 17.5 Å². The van der Waals surface area contributed by atoms with Gasteiger partial charge in [-0.15, -0.1) is 0 Å². The third-order valence-corrected chi connectivity index (χ3v) is 4.65. The molecule has 0 radical (unpaired) electrons. The minimum Gasteiger partial charge on any atom is -0.480 e. The fourth-order valence-electron chi connectivity index (χ4n) is 2.35. The second-order valence-corrected chi connectivity index (χ2v) is 5.82. The maximum Gasteiger partial charge on any atom is 0.329 e. The van der Waals surface area contributed by atoms with Crippen LogP contribution in [0.5, 0.6) is 0 Å². The van der Waals surface area contributed by atoms with Crippen LogP contribution < -0.4 is 5.32 Å². The number of carbonyl (C=O) groups is 2. The first-order valence-electron chi connectivity index (χ1n) is 6.25. The van der Waals surface area contributed by atoms with Crippen LogP contribution in [0.1, 0.15) is 30.9 Å². The Morgan fingerprint density at radius 1 is 1.53 bits per heavy atom. The van der Waals surface area contributed by atoms with Crippen molar-refractivity contribution in [2.75, 3.05) is 6.54 Å². The molecule has 1 aliphatic heterocycles. The number of amides is 2. The lowest BCUT2D eigenvalue weighted by atomic mass is 10.00. The van der Waals surface area contributed by atoms with Crippen molar-refractivity contribution in [3.05, 3.63) is 21.9 Å². The molecular formula is C13H18N2O3S. The summed E-state index contributed by atoms with van der Waals surface area (Å²) in [5.41, 5.74) is 1.15. The number of nitrogens with zero attached hydrogens (tertiary/aromatic N) is 1. The molecule has 0 spiro atoms. The van der Waals surface area contributed by atoms with Gasteiger partial charge in [-0.25, -0.2) is 9.59 Å². The summed E-state index contributed by atoms with van der Waals surface area (Å²) < 4.78 is 0.